The third-order valence-electron chi connectivity index (χ3n) is 3.77. The molecule has 6 nitrogen and oxygen atoms in total. The first-order chi connectivity index (χ1) is 10.1. The summed E-state index contributed by atoms with van der Waals surface area (Å²) in [5.41, 5.74) is 5.69. The summed E-state index contributed by atoms with van der Waals surface area (Å²) >= 11 is 1.56. The third-order valence-corrected chi connectivity index (χ3v) is 4.58. The quantitative estimate of drug-likeness (QED) is 0.918. The van der Waals surface area contributed by atoms with Gasteiger partial charge in [-0.2, -0.15) is 4.98 Å². The highest BCUT2D eigenvalue weighted by Gasteiger charge is 2.26. The van der Waals surface area contributed by atoms with Crippen molar-refractivity contribution < 1.29 is 4.52 Å². The molecule has 8 heteroatoms. The van der Waals surface area contributed by atoms with Crippen LogP contribution >= 0.6 is 23.7 Å². The smallest absolute Gasteiger partial charge is 0.229 e. The van der Waals surface area contributed by atoms with E-state index in [0.717, 1.165) is 44.2 Å². The predicted molar refractivity (Wildman–Crippen MR) is 89.4 cm³/mol. The van der Waals surface area contributed by atoms with E-state index in [1.165, 1.54) is 4.88 Å². The summed E-state index contributed by atoms with van der Waals surface area (Å²) in [6, 6.07) is 0. The van der Waals surface area contributed by atoms with Crippen LogP contribution in [0.3, 0.4) is 0 Å². The predicted octanol–water partition coefficient (Wildman–Crippen LogP) is 3.03. The molecule has 3 heterocycles. The molecule has 1 saturated heterocycles. The van der Waals surface area contributed by atoms with Crippen LogP contribution in [0.25, 0.3) is 0 Å². The van der Waals surface area contributed by atoms with Gasteiger partial charge >= 0.3 is 0 Å². The molecule has 3 rings (SSSR count). The maximum Gasteiger partial charge on any atom is 0.229 e. The molecule has 2 N–H and O–H groups in total. The van der Waals surface area contributed by atoms with Crippen LogP contribution in [0, 0.1) is 0 Å². The highest BCUT2D eigenvalue weighted by molar-refractivity contribution is 7.15. The van der Waals surface area contributed by atoms with E-state index < -0.39 is 0 Å². The molecule has 0 radical (unpaired) electrons. The Hall–Kier alpha value is -1.18. The van der Waals surface area contributed by atoms with Crippen molar-refractivity contribution in [3.05, 3.63) is 22.8 Å². The van der Waals surface area contributed by atoms with Crippen LogP contribution in [0.5, 0.6) is 0 Å². The second-order valence-corrected chi connectivity index (χ2v) is 7.03. The Morgan fingerprint density at radius 1 is 1.50 bits per heavy atom. The fraction of sp³-hybridized carbons (Fsp3) is 0.643. The Labute approximate surface area is 140 Å². The molecule has 0 aliphatic carbocycles. The van der Waals surface area contributed by atoms with Crippen LogP contribution in [-0.4, -0.2) is 33.1 Å². The molecule has 1 aliphatic rings. The number of rotatable bonds is 4. The normalized spacial score (nSPS) is 19.3. The van der Waals surface area contributed by atoms with E-state index in [2.05, 4.69) is 33.9 Å². The lowest BCUT2D eigenvalue weighted by Gasteiger charge is -2.30. The van der Waals surface area contributed by atoms with Gasteiger partial charge in [-0.15, -0.1) is 23.7 Å². The van der Waals surface area contributed by atoms with Crippen LogP contribution < -0.4 is 5.73 Å². The van der Waals surface area contributed by atoms with Gasteiger partial charge < -0.3 is 10.3 Å². The topological polar surface area (TPSA) is 81.1 Å². The summed E-state index contributed by atoms with van der Waals surface area (Å²) in [5.74, 6) is 2.23. The molecule has 1 fully saturated rings. The molecule has 0 bridgehead atoms. The van der Waals surface area contributed by atoms with Crippen LogP contribution in [0.15, 0.2) is 10.7 Å². The average Bonchev–Trinajstić information content (AvgIpc) is 3.08. The third kappa shape index (κ3) is 3.97. The van der Waals surface area contributed by atoms with Crippen LogP contribution in [0.1, 0.15) is 55.1 Å². The minimum Gasteiger partial charge on any atom is -0.375 e. The fourth-order valence-electron chi connectivity index (χ4n) is 2.67. The zero-order valence-electron chi connectivity index (χ0n) is 12.9. The van der Waals surface area contributed by atoms with Crippen LogP contribution in [-0.2, 0) is 6.54 Å². The van der Waals surface area contributed by atoms with Crippen molar-refractivity contribution in [2.45, 2.75) is 45.1 Å². The van der Waals surface area contributed by atoms with Crippen molar-refractivity contribution in [1.29, 1.82) is 0 Å². The van der Waals surface area contributed by atoms with Crippen molar-refractivity contribution in [2.75, 3.05) is 18.8 Å². The largest absolute Gasteiger partial charge is 0.375 e. The molecule has 1 aliphatic heterocycles. The Kier molecular flexibility index (Phi) is 5.77. The standard InChI is InChI=1S/C14H21N5OS.ClH/c1-9(2)13-17-12(18-20-13)10-4-3-5-19(7-10)8-11-6-16-14(15)21-11;/h6,9-10H,3-5,7-8H2,1-2H3,(H2,15,16);1H. The van der Waals surface area contributed by atoms with Gasteiger partial charge in [0.25, 0.3) is 0 Å². The lowest BCUT2D eigenvalue weighted by molar-refractivity contribution is 0.196. The van der Waals surface area contributed by atoms with E-state index in [9.17, 15) is 0 Å². The van der Waals surface area contributed by atoms with E-state index in [1.807, 2.05) is 6.20 Å². The van der Waals surface area contributed by atoms with Crippen molar-refractivity contribution in [1.82, 2.24) is 20.0 Å². The maximum atomic E-state index is 5.69. The summed E-state index contributed by atoms with van der Waals surface area (Å²) < 4.78 is 5.33. The second-order valence-electron chi connectivity index (χ2n) is 5.88. The number of nitrogen functional groups attached to an aromatic ring is 1. The van der Waals surface area contributed by atoms with Gasteiger partial charge in [0.2, 0.25) is 5.89 Å². The minimum atomic E-state index is 0. The van der Waals surface area contributed by atoms with Crippen molar-refractivity contribution in [3.8, 4) is 0 Å². The average molecular weight is 344 g/mol. The summed E-state index contributed by atoms with van der Waals surface area (Å²) in [7, 11) is 0. The lowest BCUT2D eigenvalue weighted by atomic mass is 9.97. The van der Waals surface area contributed by atoms with E-state index in [0.29, 0.717) is 11.0 Å². The zero-order valence-corrected chi connectivity index (χ0v) is 14.5. The first-order valence-electron chi connectivity index (χ1n) is 7.38. The number of nitrogens with zero attached hydrogens (tertiary/aromatic N) is 4. The SMILES string of the molecule is CC(C)c1nc(C2CCCN(Cc3cnc(N)s3)C2)no1.Cl. The Morgan fingerprint density at radius 2 is 2.32 bits per heavy atom. The number of halogens is 1. The number of aromatic nitrogens is 3. The van der Waals surface area contributed by atoms with Gasteiger partial charge in [-0.1, -0.05) is 19.0 Å². The number of anilines is 1. The van der Waals surface area contributed by atoms with E-state index in [4.69, 9.17) is 10.3 Å². The van der Waals surface area contributed by atoms with Gasteiger partial charge in [0.05, 0.1) is 0 Å². The van der Waals surface area contributed by atoms with E-state index in [-0.39, 0.29) is 18.3 Å². The first kappa shape index (κ1) is 17.2. The van der Waals surface area contributed by atoms with Gasteiger partial charge in [-0.25, -0.2) is 4.98 Å². The highest BCUT2D eigenvalue weighted by Crippen LogP contribution is 2.28. The minimum absolute atomic E-state index is 0. The monoisotopic (exact) mass is 343 g/mol. The van der Waals surface area contributed by atoms with Gasteiger partial charge in [0.1, 0.15) is 0 Å². The fourth-order valence-corrected chi connectivity index (χ4v) is 3.40. The number of likely N-dealkylation sites (tertiary alicyclic amines) is 1. The second kappa shape index (κ2) is 7.39. The van der Waals surface area contributed by atoms with Gasteiger partial charge in [-0.05, 0) is 19.4 Å². The summed E-state index contributed by atoms with van der Waals surface area (Å²) in [6.07, 6.45) is 4.15. The van der Waals surface area contributed by atoms with E-state index >= 15 is 0 Å². The molecule has 0 amide bonds. The molecular formula is C14H22ClN5OS. The molecule has 122 valence electrons. The van der Waals surface area contributed by atoms with Gasteiger partial charge in [-0.3, -0.25) is 4.90 Å². The highest BCUT2D eigenvalue weighted by atomic mass is 35.5. The first-order valence-corrected chi connectivity index (χ1v) is 8.19. The summed E-state index contributed by atoms with van der Waals surface area (Å²) in [5, 5.41) is 4.80. The number of hydrogen-bond acceptors (Lipinski definition) is 7. The maximum absolute atomic E-state index is 5.69. The molecule has 0 spiro atoms. The van der Waals surface area contributed by atoms with Crippen LogP contribution in [0.2, 0.25) is 0 Å². The van der Waals surface area contributed by atoms with Gasteiger partial charge in [0.15, 0.2) is 11.0 Å². The molecule has 1 unspecified atom stereocenters. The zero-order chi connectivity index (χ0) is 14.8. The van der Waals surface area contributed by atoms with Gasteiger partial charge in [0, 0.05) is 36.0 Å². The molecule has 0 saturated carbocycles. The Morgan fingerprint density at radius 3 is 2.95 bits per heavy atom. The summed E-state index contributed by atoms with van der Waals surface area (Å²) in [4.78, 5) is 12.3. The number of thiazole rings is 1. The van der Waals surface area contributed by atoms with Crippen LogP contribution in [0.4, 0.5) is 5.13 Å². The molecule has 1 atom stereocenters. The lowest BCUT2D eigenvalue weighted by Crippen LogP contribution is -2.34. The number of piperidine rings is 1. The molecule has 22 heavy (non-hydrogen) atoms. The number of hydrogen-bond donors (Lipinski definition) is 1. The van der Waals surface area contributed by atoms with Crippen molar-refractivity contribution >= 4 is 28.9 Å². The molecular weight excluding hydrogens is 322 g/mol. The molecule has 2 aromatic rings. The molecule has 2 aromatic heterocycles. The summed E-state index contributed by atoms with van der Waals surface area (Å²) in [6.45, 7) is 7.11. The molecule has 0 aromatic carbocycles. The Balaban J connectivity index is 0.00000176. The Bertz CT molecular complexity index is 600. The van der Waals surface area contributed by atoms with Crippen molar-refractivity contribution in [3.63, 3.8) is 0 Å². The number of nitrogens with two attached hydrogens (primary N) is 1. The van der Waals surface area contributed by atoms with Crippen molar-refractivity contribution in [2.24, 2.45) is 0 Å². The van der Waals surface area contributed by atoms with E-state index in [1.54, 1.807) is 11.3 Å².